The molecule has 0 spiro atoms. The van der Waals surface area contributed by atoms with Crippen molar-refractivity contribution in [2.75, 3.05) is 0 Å². The summed E-state index contributed by atoms with van der Waals surface area (Å²) in [5, 5.41) is 0. The molecule has 0 fully saturated rings. The van der Waals surface area contributed by atoms with Gasteiger partial charge in [-0.2, -0.15) is 0 Å². The van der Waals surface area contributed by atoms with Crippen molar-refractivity contribution in [1.82, 2.24) is 4.90 Å². The van der Waals surface area contributed by atoms with Crippen molar-refractivity contribution in [2.24, 2.45) is 0 Å². The molecule has 0 unspecified atom stereocenters. The van der Waals surface area contributed by atoms with E-state index in [9.17, 15) is 9.59 Å². The quantitative estimate of drug-likeness (QED) is 0.509. The van der Waals surface area contributed by atoms with Crippen LogP contribution in [-0.2, 0) is 16.1 Å². The Balaban J connectivity index is 2.21. The van der Waals surface area contributed by atoms with Crippen molar-refractivity contribution in [3.8, 4) is 0 Å². The second-order valence-electron chi connectivity index (χ2n) is 3.51. The van der Waals surface area contributed by atoms with Crippen LogP contribution < -0.4 is 0 Å². The number of hydrogen-bond donors (Lipinski definition) is 0. The molecule has 0 N–H and O–H groups in total. The molecule has 0 aliphatic carbocycles. The Kier molecular flexibility index (Phi) is 2.69. The lowest BCUT2D eigenvalue weighted by Gasteiger charge is -2.14. The third-order valence-electron chi connectivity index (χ3n) is 2.42. The van der Waals surface area contributed by atoms with Gasteiger partial charge in [-0.3, -0.25) is 14.5 Å². The van der Waals surface area contributed by atoms with Crippen LogP contribution in [0.5, 0.6) is 0 Å². The molecular weight excluding hydrogens is 200 g/mol. The molecule has 0 atom stereocenters. The fourth-order valence-electron chi connectivity index (χ4n) is 1.52. The zero-order valence-corrected chi connectivity index (χ0v) is 8.51. The molecule has 1 heterocycles. The summed E-state index contributed by atoms with van der Waals surface area (Å²) in [6, 6.07) is 9.18. The molecule has 2 amide bonds. The van der Waals surface area contributed by atoms with Gasteiger partial charge in [0.25, 0.3) is 0 Å². The number of hydrogen-bond acceptors (Lipinski definition) is 2. The van der Waals surface area contributed by atoms with E-state index in [1.165, 1.54) is 0 Å². The van der Waals surface area contributed by atoms with Crippen molar-refractivity contribution in [2.45, 2.75) is 6.54 Å². The van der Waals surface area contributed by atoms with Gasteiger partial charge in [0.2, 0.25) is 11.8 Å². The van der Waals surface area contributed by atoms with Crippen molar-refractivity contribution in [1.29, 1.82) is 0 Å². The number of rotatable bonds is 2. The topological polar surface area (TPSA) is 37.4 Å². The third kappa shape index (κ3) is 1.69. The number of benzene rings is 1. The van der Waals surface area contributed by atoms with Gasteiger partial charge in [-0.25, -0.2) is 0 Å². The highest BCUT2D eigenvalue weighted by Crippen LogP contribution is 2.18. The van der Waals surface area contributed by atoms with Gasteiger partial charge >= 0.3 is 0 Å². The van der Waals surface area contributed by atoms with Crippen molar-refractivity contribution in [3.05, 3.63) is 46.8 Å². The van der Waals surface area contributed by atoms with E-state index in [0.717, 1.165) is 10.5 Å². The minimum atomic E-state index is -0.522. The first kappa shape index (κ1) is 10.7. The largest absolute Gasteiger partial charge is 0.272 e. The van der Waals surface area contributed by atoms with Crippen LogP contribution in [0.2, 0.25) is 0 Å². The molecule has 3 nitrogen and oxygen atoms in total. The third-order valence-corrected chi connectivity index (χ3v) is 2.42. The van der Waals surface area contributed by atoms with Crippen LogP contribution in [0.25, 0.3) is 0 Å². The SMILES string of the molecule is [B]C1=C([B])C(=O)N(Cc2ccccc2)C1=O. The lowest BCUT2D eigenvalue weighted by molar-refractivity contribution is -0.137. The van der Waals surface area contributed by atoms with Crippen LogP contribution in [-0.4, -0.2) is 32.4 Å². The number of carbonyl (C=O) groups is 2. The van der Waals surface area contributed by atoms with Crippen molar-refractivity contribution < 1.29 is 9.59 Å². The Labute approximate surface area is 95.9 Å². The van der Waals surface area contributed by atoms with E-state index in [2.05, 4.69) is 0 Å². The summed E-state index contributed by atoms with van der Waals surface area (Å²) in [5.74, 6) is -1.04. The summed E-state index contributed by atoms with van der Waals surface area (Å²) in [4.78, 5) is 24.2. The van der Waals surface area contributed by atoms with E-state index in [4.69, 9.17) is 15.7 Å². The Morgan fingerprint density at radius 1 is 0.938 bits per heavy atom. The summed E-state index contributed by atoms with van der Waals surface area (Å²) in [6.45, 7) is 0.194. The second kappa shape index (κ2) is 4.00. The summed E-state index contributed by atoms with van der Waals surface area (Å²) in [5.41, 5.74) is 0.522. The zero-order valence-electron chi connectivity index (χ0n) is 8.51. The predicted molar refractivity (Wildman–Crippen MR) is 60.5 cm³/mol. The summed E-state index contributed by atoms with van der Waals surface area (Å²) in [6.07, 6.45) is 0. The van der Waals surface area contributed by atoms with E-state index in [1.54, 1.807) is 0 Å². The highest BCUT2D eigenvalue weighted by Gasteiger charge is 2.31. The molecule has 5 heteroatoms. The van der Waals surface area contributed by atoms with Gasteiger partial charge in [0, 0.05) is 0 Å². The summed E-state index contributed by atoms with van der Waals surface area (Å²) < 4.78 is 0. The average molecular weight is 207 g/mol. The monoisotopic (exact) mass is 207 g/mol. The van der Waals surface area contributed by atoms with Crippen LogP contribution in [0.15, 0.2) is 41.3 Å². The smallest absolute Gasteiger partial charge is 0.246 e. The zero-order chi connectivity index (χ0) is 11.7. The van der Waals surface area contributed by atoms with Gasteiger partial charge in [0.05, 0.1) is 6.54 Å². The molecule has 16 heavy (non-hydrogen) atoms. The van der Waals surface area contributed by atoms with Gasteiger partial charge in [0.15, 0.2) is 0 Å². The van der Waals surface area contributed by atoms with Gasteiger partial charge in [-0.15, -0.1) is 0 Å². The highest BCUT2D eigenvalue weighted by molar-refractivity contribution is 6.53. The summed E-state index contributed by atoms with van der Waals surface area (Å²) >= 11 is 0. The first-order valence-corrected chi connectivity index (χ1v) is 4.76. The predicted octanol–water partition coefficient (Wildman–Crippen LogP) is 0.104. The Bertz CT molecular complexity index is 458. The molecule has 0 saturated heterocycles. The maximum Gasteiger partial charge on any atom is 0.246 e. The van der Waals surface area contributed by atoms with E-state index < -0.39 is 11.8 Å². The van der Waals surface area contributed by atoms with Gasteiger partial charge in [-0.05, 0) is 16.5 Å². The maximum absolute atomic E-state index is 11.6. The number of nitrogens with zero attached hydrogens (tertiary/aromatic N) is 1. The fourth-order valence-corrected chi connectivity index (χ4v) is 1.52. The van der Waals surface area contributed by atoms with Crippen LogP contribution in [0.1, 0.15) is 5.56 Å². The lowest BCUT2D eigenvalue weighted by Crippen LogP contribution is -2.31. The normalized spacial score (nSPS) is 16.1. The average Bonchev–Trinajstić information content (AvgIpc) is 2.48. The molecule has 1 aliphatic heterocycles. The fraction of sp³-hybridized carbons (Fsp3) is 0.0909. The van der Waals surface area contributed by atoms with E-state index in [0.29, 0.717) is 0 Å². The molecule has 0 saturated carbocycles. The molecular formula is C11H7B2NO2. The van der Waals surface area contributed by atoms with E-state index in [-0.39, 0.29) is 17.5 Å². The molecule has 1 aromatic carbocycles. The second-order valence-corrected chi connectivity index (χ2v) is 3.51. The lowest BCUT2D eigenvalue weighted by atomic mass is 9.82. The minimum Gasteiger partial charge on any atom is -0.272 e. The minimum absolute atomic E-state index is 0.166. The molecule has 1 aliphatic rings. The Morgan fingerprint density at radius 3 is 1.94 bits per heavy atom. The number of carbonyl (C=O) groups excluding carboxylic acids is 2. The van der Waals surface area contributed by atoms with Crippen molar-refractivity contribution >= 4 is 27.5 Å². The van der Waals surface area contributed by atoms with E-state index in [1.807, 2.05) is 30.3 Å². The summed E-state index contributed by atoms with van der Waals surface area (Å²) in [7, 11) is 10.8. The van der Waals surface area contributed by atoms with Crippen LogP contribution in [0.3, 0.4) is 0 Å². The van der Waals surface area contributed by atoms with Gasteiger partial charge < -0.3 is 0 Å². The first-order valence-electron chi connectivity index (χ1n) is 4.76. The molecule has 74 valence electrons. The first-order chi connectivity index (χ1) is 7.61. The Morgan fingerprint density at radius 2 is 1.44 bits per heavy atom. The van der Waals surface area contributed by atoms with Gasteiger partial charge in [-0.1, -0.05) is 30.3 Å². The maximum atomic E-state index is 11.6. The number of imide groups is 1. The highest BCUT2D eigenvalue weighted by atomic mass is 16.2. The standard InChI is InChI=1S/C11H7B2NO2/c12-8-9(13)11(16)14(10(8)15)6-7-4-2-1-3-5-7/h1-5H,6H2. The Hall–Kier alpha value is -1.77. The molecule has 0 bridgehead atoms. The molecule has 1 aromatic rings. The molecule has 4 radical (unpaired) electrons. The van der Waals surface area contributed by atoms with Crippen LogP contribution in [0, 0.1) is 0 Å². The molecule has 0 aromatic heterocycles. The van der Waals surface area contributed by atoms with Gasteiger partial charge in [0.1, 0.15) is 15.7 Å². The van der Waals surface area contributed by atoms with E-state index >= 15 is 0 Å². The van der Waals surface area contributed by atoms with Crippen LogP contribution in [0.4, 0.5) is 0 Å². The van der Waals surface area contributed by atoms with Crippen LogP contribution >= 0.6 is 0 Å². The van der Waals surface area contributed by atoms with Crippen molar-refractivity contribution in [3.63, 3.8) is 0 Å². The number of amides is 2. The molecule has 2 rings (SSSR count).